The maximum Gasteiger partial charge on any atom is 0.167 e. The molecule has 0 saturated heterocycles. The number of hydrogen-bond donors (Lipinski definition) is 1. The van der Waals surface area contributed by atoms with Crippen molar-refractivity contribution in [2.24, 2.45) is 0 Å². The molecule has 0 saturated carbocycles. The van der Waals surface area contributed by atoms with E-state index in [-0.39, 0.29) is 5.75 Å². The number of aromatic nitrogens is 1. The number of nitrogens with zero attached hydrogens (tertiary/aromatic N) is 1. The molecule has 1 heterocycles. The zero-order valence-corrected chi connectivity index (χ0v) is 9.48. The number of benzene rings is 1. The van der Waals surface area contributed by atoms with Gasteiger partial charge in [-0.3, -0.25) is 4.98 Å². The maximum absolute atomic E-state index is 13.5. The normalized spacial score (nSPS) is 10.2. The number of nitrogens with two attached hydrogens (primary N) is 1. The van der Waals surface area contributed by atoms with E-state index < -0.39 is 5.82 Å². The number of pyridine rings is 1. The van der Waals surface area contributed by atoms with Crippen LogP contribution in [0, 0.1) is 5.82 Å². The molecule has 0 unspecified atom stereocenters. The van der Waals surface area contributed by atoms with Crippen LogP contribution in [0.4, 0.5) is 10.1 Å². The molecule has 2 N–H and O–H groups in total. The second-order valence-corrected chi connectivity index (χ2v) is 3.67. The largest absolute Gasteiger partial charge is 0.453 e. The second kappa shape index (κ2) is 4.82. The average molecular weight is 232 g/mol. The molecule has 0 atom stereocenters. The van der Waals surface area contributed by atoms with E-state index in [1.165, 1.54) is 12.1 Å². The molecule has 3 nitrogen and oxygen atoms in total. The Morgan fingerprint density at radius 1 is 1.29 bits per heavy atom. The molecule has 17 heavy (non-hydrogen) atoms. The first-order valence-corrected chi connectivity index (χ1v) is 5.36. The summed E-state index contributed by atoms with van der Waals surface area (Å²) in [6.07, 6.45) is 4.16. The van der Waals surface area contributed by atoms with Gasteiger partial charge < -0.3 is 10.5 Å². The first-order chi connectivity index (χ1) is 8.19. The molecular weight excluding hydrogens is 219 g/mol. The molecule has 1 aromatic carbocycles. The summed E-state index contributed by atoms with van der Waals surface area (Å²) in [5, 5.41) is 0. The van der Waals surface area contributed by atoms with Gasteiger partial charge in [0.25, 0.3) is 0 Å². The Morgan fingerprint density at radius 2 is 2.12 bits per heavy atom. The van der Waals surface area contributed by atoms with Crippen LogP contribution < -0.4 is 10.5 Å². The van der Waals surface area contributed by atoms with E-state index >= 15 is 0 Å². The molecule has 0 aliphatic rings. The molecule has 2 rings (SSSR count). The fraction of sp³-hybridized carbons (Fsp3) is 0.154. The SMILES string of the molecule is CCc1cncc(Oc2ccc(N)cc2F)c1. The molecule has 0 fully saturated rings. The summed E-state index contributed by atoms with van der Waals surface area (Å²) in [6.45, 7) is 2.02. The van der Waals surface area contributed by atoms with Gasteiger partial charge in [0.15, 0.2) is 11.6 Å². The van der Waals surface area contributed by atoms with Crippen molar-refractivity contribution in [3.05, 3.63) is 48.0 Å². The third kappa shape index (κ3) is 2.72. The average Bonchev–Trinajstić information content (AvgIpc) is 2.33. The summed E-state index contributed by atoms with van der Waals surface area (Å²) in [5.41, 5.74) is 6.87. The Bertz CT molecular complexity index is 529. The lowest BCUT2D eigenvalue weighted by Crippen LogP contribution is -1.92. The lowest BCUT2D eigenvalue weighted by molar-refractivity contribution is 0.440. The van der Waals surface area contributed by atoms with Gasteiger partial charge in [0, 0.05) is 18.0 Å². The highest BCUT2D eigenvalue weighted by atomic mass is 19.1. The van der Waals surface area contributed by atoms with Crippen LogP contribution in [0.25, 0.3) is 0 Å². The van der Waals surface area contributed by atoms with E-state index in [2.05, 4.69) is 4.98 Å². The Balaban J connectivity index is 2.25. The van der Waals surface area contributed by atoms with E-state index in [4.69, 9.17) is 10.5 Å². The van der Waals surface area contributed by atoms with Crippen LogP contribution in [0.5, 0.6) is 11.5 Å². The fourth-order valence-electron chi connectivity index (χ4n) is 1.44. The second-order valence-electron chi connectivity index (χ2n) is 3.67. The van der Waals surface area contributed by atoms with Gasteiger partial charge in [0.1, 0.15) is 5.75 Å². The highest BCUT2D eigenvalue weighted by Gasteiger charge is 2.05. The third-order valence-electron chi connectivity index (χ3n) is 2.36. The standard InChI is InChI=1S/C13H13FN2O/c1-2-9-5-11(8-16-7-9)17-13-4-3-10(15)6-12(13)14/h3-8H,2,15H2,1H3. The molecule has 1 aromatic heterocycles. The number of halogens is 1. The predicted molar refractivity (Wildman–Crippen MR) is 64.5 cm³/mol. The minimum absolute atomic E-state index is 0.147. The van der Waals surface area contributed by atoms with Gasteiger partial charge in [-0.25, -0.2) is 4.39 Å². The van der Waals surface area contributed by atoms with Crippen molar-refractivity contribution in [3.63, 3.8) is 0 Å². The molecule has 88 valence electrons. The van der Waals surface area contributed by atoms with E-state index in [1.54, 1.807) is 18.5 Å². The van der Waals surface area contributed by atoms with E-state index in [9.17, 15) is 4.39 Å². The predicted octanol–water partition coefficient (Wildman–Crippen LogP) is 3.16. The Morgan fingerprint density at radius 3 is 2.82 bits per heavy atom. The van der Waals surface area contributed by atoms with Gasteiger partial charge in [0.05, 0.1) is 6.20 Å². The first-order valence-electron chi connectivity index (χ1n) is 5.36. The monoisotopic (exact) mass is 232 g/mol. The van der Waals surface area contributed by atoms with E-state index in [1.807, 2.05) is 13.0 Å². The van der Waals surface area contributed by atoms with Crippen molar-refractivity contribution < 1.29 is 9.13 Å². The van der Waals surface area contributed by atoms with Crippen molar-refractivity contribution in [2.45, 2.75) is 13.3 Å². The van der Waals surface area contributed by atoms with Gasteiger partial charge in [-0.05, 0) is 30.2 Å². The molecule has 4 heteroatoms. The van der Waals surface area contributed by atoms with E-state index in [0.29, 0.717) is 11.4 Å². The Labute approximate surface area is 99.1 Å². The molecule has 0 aliphatic carbocycles. The van der Waals surface area contributed by atoms with Crippen LogP contribution in [0.15, 0.2) is 36.7 Å². The molecule has 2 aromatic rings. The van der Waals surface area contributed by atoms with Crippen molar-refractivity contribution in [3.8, 4) is 11.5 Å². The van der Waals surface area contributed by atoms with Crippen LogP contribution in [0.2, 0.25) is 0 Å². The fourth-order valence-corrected chi connectivity index (χ4v) is 1.44. The molecular formula is C13H13FN2O. The van der Waals surface area contributed by atoms with Crippen molar-refractivity contribution in [1.29, 1.82) is 0 Å². The van der Waals surface area contributed by atoms with Gasteiger partial charge in [-0.1, -0.05) is 6.92 Å². The maximum atomic E-state index is 13.5. The number of anilines is 1. The minimum Gasteiger partial charge on any atom is -0.453 e. The lowest BCUT2D eigenvalue weighted by Gasteiger charge is -2.07. The van der Waals surface area contributed by atoms with Gasteiger partial charge in [-0.15, -0.1) is 0 Å². The van der Waals surface area contributed by atoms with Crippen molar-refractivity contribution in [2.75, 3.05) is 5.73 Å². The van der Waals surface area contributed by atoms with Crippen LogP contribution in [-0.2, 0) is 6.42 Å². The number of rotatable bonds is 3. The Kier molecular flexibility index (Phi) is 3.23. The minimum atomic E-state index is -0.480. The number of nitrogen functional groups attached to an aromatic ring is 1. The van der Waals surface area contributed by atoms with Gasteiger partial charge in [-0.2, -0.15) is 0 Å². The lowest BCUT2D eigenvalue weighted by atomic mass is 10.2. The zero-order valence-electron chi connectivity index (χ0n) is 9.48. The summed E-state index contributed by atoms with van der Waals surface area (Å²) in [7, 11) is 0. The molecule has 0 bridgehead atoms. The van der Waals surface area contributed by atoms with Crippen LogP contribution in [0.1, 0.15) is 12.5 Å². The highest BCUT2D eigenvalue weighted by molar-refractivity contribution is 5.44. The third-order valence-corrected chi connectivity index (χ3v) is 2.36. The van der Waals surface area contributed by atoms with Crippen LogP contribution >= 0.6 is 0 Å². The number of aryl methyl sites for hydroxylation is 1. The van der Waals surface area contributed by atoms with Gasteiger partial charge >= 0.3 is 0 Å². The topological polar surface area (TPSA) is 48.1 Å². The number of hydrogen-bond acceptors (Lipinski definition) is 3. The molecule has 0 radical (unpaired) electrons. The summed E-state index contributed by atoms with van der Waals surface area (Å²) in [6, 6.07) is 6.16. The highest BCUT2D eigenvalue weighted by Crippen LogP contribution is 2.25. The molecule has 0 aliphatic heterocycles. The van der Waals surface area contributed by atoms with Crippen LogP contribution in [0.3, 0.4) is 0 Å². The summed E-state index contributed by atoms with van der Waals surface area (Å²) < 4.78 is 18.9. The quantitative estimate of drug-likeness (QED) is 0.827. The molecule has 0 spiro atoms. The van der Waals surface area contributed by atoms with E-state index in [0.717, 1.165) is 12.0 Å². The van der Waals surface area contributed by atoms with Crippen molar-refractivity contribution >= 4 is 5.69 Å². The van der Waals surface area contributed by atoms with Gasteiger partial charge in [0.2, 0.25) is 0 Å². The van der Waals surface area contributed by atoms with Crippen molar-refractivity contribution in [1.82, 2.24) is 4.98 Å². The summed E-state index contributed by atoms with van der Waals surface area (Å²) in [4.78, 5) is 4.03. The summed E-state index contributed by atoms with van der Waals surface area (Å²) >= 11 is 0. The Hall–Kier alpha value is -2.10. The summed E-state index contributed by atoms with van der Waals surface area (Å²) in [5.74, 6) is 0.189. The van der Waals surface area contributed by atoms with Crippen LogP contribution in [-0.4, -0.2) is 4.98 Å². The molecule has 0 amide bonds. The number of ether oxygens (including phenoxy) is 1. The zero-order chi connectivity index (χ0) is 12.3. The smallest absolute Gasteiger partial charge is 0.167 e. The first kappa shape index (κ1) is 11.4.